The molecule has 1 aliphatic heterocycles. The van der Waals surface area contributed by atoms with Crippen molar-refractivity contribution in [2.24, 2.45) is 0 Å². The highest BCUT2D eigenvalue weighted by atomic mass is 32.2. The van der Waals surface area contributed by atoms with Gasteiger partial charge in [0.25, 0.3) is 5.56 Å². The topological polar surface area (TPSA) is 139 Å². The van der Waals surface area contributed by atoms with E-state index in [4.69, 9.17) is 4.74 Å². The second kappa shape index (κ2) is 9.51. The molecule has 11 heteroatoms. The molecule has 1 aliphatic rings. The number of ether oxygens (including phenoxy) is 1. The summed E-state index contributed by atoms with van der Waals surface area (Å²) in [5.74, 6) is -0.958. The van der Waals surface area contributed by atoms with E-state index in [2.05, 4.69) is 4.98 Å². The van der Waals surface area contributed by atoms with Gasteiger partial charge in [-0.15, -0.1) is 0 Å². The molecule has 1 fully saturated rings. The fourth-order valence-corrected chi connectivity index (χ4v) is 5.63. The third kappa shape index (κ3) is 5.05. The number of carboxylic acid groups (broad SMARTS) is 1. The van der Waals surface area contributed by atoms with Crippen LogP contribution in [0.25, 0.3) is 0 Å². The number of aromatic amines is 1. The van der Waals surface area contributed by atoms with E-state index in [9.17, 15) is 27.9 Å². The van der Waals surface area contributed by atoms with Crippen molar-refractivity contribution in [3.05, 3.63) is 86.2 Å². The Kier molecular flexibility index (Phi) is 6.64. The second-order valence-electron chi connectivity index (χ2n) is 8.52. The zero-order chi connectivity index (χ0) is 25.3. The van der Waals surface area contributed by atoms with E-state index in [1.807, 2.05) is 13.0 Å². The quantitative estimate of drug-likeness (QED) is 0.532. The van der Waals surface area contributed by atoms with Gasteiger partial charge in [-0.3, -0.25) is 14.3 Å². The molecule has 0 spiro atoms. The number of hydrogen-bond donors (Lipinski definition) is 2. The maximum absolute atomic E-state index is 13.5. The van der Waals surface area contributed by atoms with Crippen LogP contribution in [0.1, 0.15) is 40.4 Å². The van der Waals surface area contributed by atoms with Crippen molar-refractivity contribution in [1.82, 2.24) is 13.9 Å². The normalized spacial score (nSPS) is 16.7. The molecule has 184 valence electrons. The summed E-state index contributed by atoms with van der Waals surface area (Å²) in [6.45, 7) is 3.70. The van der Waals surface area contributed by atoms with Gasteiger partial charge in [-0.1, -0.05) is 12.1 Å². The third-order valence-corrected chi connectivity index (χ3v) is 7.80. The first-order valence-electron chi connectivity index (χ1n) is 11.0. The molecule has 1 aromatic heterocycles. The van der Waals surface area contributed by atoms with Crippen LogP contribution >= 0.6 is 0 Å². The zero-order valence-corrected chi connectivity index (χ0v) is 20.0. The fraction of sp³-hybridized carbons (Fsp3) is 0.292. The van der Waals surface area contributed by atoms with Gasteiger partial charge in [0, 0.05) is 30.9 Å². The van der Waals surface area contributed by atoms with Gasteiger partial charge in [-0.2, -0.15) is 4.31 Å². The van der Waals surface area contributed by atoms with E-state index in [0.717, 1.165) is 5.56 Å². The molecule has 2 N–H and O–H groups in total. The second-order valence-corrected chi connectivity index (χ2v) is 10.5. The number of H-pyrrole nitrogens is 1. The molecule has 35 heavy (non-hydrogen) atoms. The molecule has 0 amide bonds. The third-order valence-electron chi connectivity index (χ3n) is 5.94. The Morgan fingerprint density at radius 1 is 1.14 bits per heavy atom. The van der Waals surface area contributed by atoms with Crippen LogP contribution < -0.4 is 16.0 Å². The number of benzene rings is 2. The molecule has 10 nitrogen and oxygen atoms in total. The molecule has 0 aliphatic carbocycles. The van der Waals surface area contributed by atoms with E-state index in [1.165, 1.54) is 33.3 Å². The minimum absolute atomic E-state index is 0.0302. The van der Waals surface area contributed by atoms with Crippen LogP contribution in [0.3, 0.4) is 0 Å². The number of nitrogens with one attached hydrogen (secondary N) is 1. The summed E-state index contributed by atoms with van der Waals surface area (Å²) in [4.78, 5) is 37.9. The number of aromatic nitrogens is 2. The summed E-state index contributed by atoms with van der Waals surface area (Å²) in [6.07, 6.45) is 2.52. The van der Waals surface area contributed by atoms with Crippen molar-refractivity contribution in [3.8, 4) is 11.5 Å². The van der Waals surface area contributed by atoms with Gasteiger partial charge in [0.15, 0.2) is 0 Å². The standard InChI is InChI=1S/C24H25N3O7S/c1-15-5-3-7-18(11-15)34-21-12-19(8-9-20(21)23(29)30)35(32,33)26-10-4-6-17(14-26)27-13-16(2)22(28)25-24(27)31/h3,5,7-9,11-13,17H,4,6,10,14H2,1-2H3,(H,29,30)(H,25,28,31)/t17-/m0/s1. The lowest BCUT2D eigenvalue weighted by Gasteiger charge is -2.33. The van der Waals surface area contributed by atoms with Crippen LogP contribution in [0.5, 0.6) is 11.5 Å². The molecule has 2 heterocycles. The van der Waals surface area contributed by atoms with Crippen molar-refractivity contribution in [1.29, 1.82) is 0 Å². The Labute approximate surface area is 201 Å². The summed E-state index contributed by atoms with van der Waals surface area (Å²) in [6, 6.07) is 10.2. The number of sulfonamides is 1. The maximum Gasteiger partial charge on any atom is 0.339 e. The van der Waals surface area contributed by atoms with Crippen LogP contribution in [-0.4, -0.2) is 46.4 Å². The maximum atomic E-state index is 13.5. The highest BCUT2D eigenvalue weighted by molar-refractivity contribution is 7.89. The first-order valence-corrected chi connectivity index (χ1v) is 12.4. The molecular weight excluding hydrogens is 474 g/mol. The number of carboxylic acids is 1. The number of aryl methyl sites for hydroxylation is 2. The molecular formula is C24H25N3O7S. The van der Waals surface area contributed by atoms with Gasteiger partial charge in [0.1, 0.15) is 17.1 Å². The summed E-state index contributed by atoms with van der Waals surface area (Å²) < 4.78 is 35.4. The van der Waals surface area contributed by atoms with Gasteiger partial charge in [0.05, 0.1) is 10.9 Å². The van der Waals surface area contributed by atoms with Crippen molar-refractivity contribution < 1.29 is 23.1 Å². The minimum atomic E-state index is -4.03. The van der Waals surface area contributed by atoms with Gasteiger partial charge >= 0.3 is 11.7 Å². The van der Waals surface area contributed by atoms with Crippen LogP contribution in [0.2, 0.25) is 0 Å². The van der Waals surface area contributed by atoms with E-state index < -0.39 is 33.3 Å². The number of piperidine rings is 1. The summed E-state index contributed by atoms with van der Waals surface area (Å²) in [5, 5.41) is 9.57. The molecule has 2 aromatic carbocycles. The summed E-state index contributed by atoms with van der Waals surface area (Å²) in [5.41, 5.74) is 0.00923. The Hall–Kier alpha value is -3.70. The predicted octanol–water partition coefficient (Wildman–Crippen LogP) is 2.67. The Bertz CT molecular complexity index is 1510. The average Bonchev–Trinajstić information content (AvgIpc) is 2.81. The first kappa shape index (κ1) is 24.4. The SMILES string of the molecule is Cc1cccc(Oc2cc(S(=O)(=O)N3CCC[C@H](n4cc(C)c(=O)[nH]c4=O)C3)ccc2C(=O)O)c1. The highest BCUT2D eigenvalue weighted by Crippen LogP contribution is 2.32. The number of nitrogens with zero attached hydrogens (tertiary/aromatic N) is 2. The van der Waals surface area contributed by atoms with Crippen molar-refractivity contribution in [2.45, 2.75) is 37.6 Å². The van der Waals surface area contributed by atoms with Gasteiger partial charge < -0.3 is 9.84 Å². The van der Waals surface area contributed by atoms with E-state index in [0.29, 0.717) is 24.2 Å². The molecule has 4 rings (SSSR count). The number of aromatic carboxylic acids is 1. The lowest BCUT2D eigenvalue weighted by atomic mass is 10.1. The van der Waals surface area contributed by atoms with Gasteiger partial charge in [-0.05, 0) is 56.5 Å². The fourth-order valence-electron chi connectivity index (χ4n) is 4.10. The highest BCUT2D eigenvalue weighted by Gasteiger charge is 2.32. The summed E-state index contributed by atoms with van der Waals surface area (Å²) in [7, 11) is -4.03. The van der Waals surface area contributed by atoms with Crippen molar-refractivity contribution in [3.63, 3.8) is 0 Å². The van der Waals surface area contributed by atoms with Crippen molar-refractivity contribution >= 4 is 16.0 Å². The zero-order valence-electron chi connectivity index (χ0n) is 19.2. The summed E-state index contributed by atoms with van der Waals surface area (Å²) >= 11 is 0. The van der Waals surface area contributed by atoms with Crippen molar-refractivity contribution in [2.75, 3.05) is 13.1 Å². The molecule has 3 aromatic rings. The van der Waals surface area contributed by atoms with E-state index in [1.54, 1.807) is 25.1 Å². The lowest BCUT2D eigenvalue weighted by molar-refractivity contribution is 0.0694. The van der Waals surface area contributed by atoms with E-state index >= 15 is 0 Å². The number of carbonyl (C=O) groups is 1. The van der Waals surface area contributed by atoms with Gasteiger partial charge in [0.2, 0.25) is 10.0 Å². The monoisotopic (exact) mass is 499 g/mol. The van der Waals surface area contributed by atoms with Crippen LogP contribution in [0.15, 0.2) is 63.1 Å². The molecule has 0 bridgehead atoms. The Morgan fingerprint density at radius 2 is 1.91 bits per heavy atom. The largest absolute Gasteiger partial charge is 0.478 e. The molecule has 1 saturated heterocycles. The molecule has 0 radical (unpaired) electrons. The van der Waals surface area contributed by atoms with E-state index in [-0.39, 0.29) is 29.3 Å². The average molecular weight is 500 g/mol. The number of hydrogen-bond acceptors (Lipinski definition) is 6. The molecule has 0 unspecified atom stereocenters. The van der Waals surface area contributed by atoms with Crippen LogP contribution in [0, 0.1) is 13.8 Å². The van der Waals surface area contributed by atoms with Crippen LogP contribution in [0.4, 0.5) is 0 Å². The lowest BCUT2D eigenvalue weighted by Crippen LogP contribution is -2.44. The molecule has 1 atom stereocenters. The first-order chi connectivity index (χ1) is 16.6. The Balaban J connectivity index is 1.67. The molecule has 0 saturated carbocycles. The minimum Gasteiger partial charge on any atom is -0.478 e. The Morgan fingerprint density at radius 3 is 2.63 bits per heavy atom. The van der Waals surface area contributed by atoms with Gasteiger partial charge in [-0.25, -0.2) is 18.0 Å². The van der Waals surface area contributed by atoms with Crippen LogP contribution in [-0.2, 0) is 10.0 Å². The number of rotatable bonds is 6. The predicted molar refractivity (Wildman–Crippen MR) is 128 cm³/mol. The smallest absolute Gasteiger partial charge is 0.339 e.